The number of imidazole rings is 1. The van der Waals surface area contributed by atoms with Crippen LogP contribution in [-0.4, -0.2) is 73.4 Å². The van der Waals surface area contributed by atoms with Crippen LogP contribution in [0.5, 0.6) is 5.75 Å². The first-order valence-corrected chi connectivity index (χ1v) is 11.2. The van der Waals surface area contributed by atoms with Crippen LogP contribution in [0, 0.1) is 6.92 Å². The predicted molar refractivity (Wildman–Crippen MR) is 129 cm³/mol. The summed E-state index contributed by atoms with van der Waals surface area (Å²) >= 11 is 0. The van der Waals surface area contributed by atoms with Crippen LogP contribution in [-0.2, 0) is 9.53 Å². The Kier molecular flexibility index (Phi) is 7.72. The van der Waals surface area contributed by atoms with E-state index >= 15 is 0 Å². The lowest BCUT2D eigenvalue weighted by atomic mass is 10.1. The Morgan fingerprint density at radius 1 is 1.09 bits per heavy atom. The molecule has 0 spiro atoms. The number of hydrogen-bond donors (Lipinski definition) is 2. The first kappa shape index (κ1) is 23.0. The first-order valence-electron chi connectivity index (χ1n) is 11.2. The van der Waals surface area contributed by atoms with E-state index in [9.17, 15) is 4.79 Å². The van der Waals surface area contributed by atoms with Gasteiger partial charge in [-0.1, -0.05) is 17.7 Å². The van der Waals surface area contributed by atoms with Crippen LogP contribution in [0.4, 0.5) is 5.95 Å². The Hall–Kier alpha value is -3.20. The van der Waals surface area contributed by atoms with Gasteiger partial charge in [-0.05, 0) is 43.3 Å². The molecule has 33 heavy (non-hydrogen) atoms. The second-order valence-corrected chi connectivity index (χ2v) is 8.06. The second kappa shape index (κ2) is 11.1. The minimum atomic E-state index is -0.128. The molecule has 0 bridgehead atoms. The van der Waals surface area contributed by atoms with E-state index < -0.39 is 0 Å². The van der Waals surface area contributed by atoms with Crippen molar-refractivity contribution in [3.8, 4) is 22.7 Å². The number of carbonyl (C=O) groups excluding carboxylic acids is 1. The summed E-state index contributed by atoms with van der Waals surface area (Å²) < 4.78 is 12.5. The van der Waals surface area contributed by atoms with E-state index in [4.69, 9.17) is 14.5 Å². The van der Waals surface area contributed by atoms with Crippen LogP contribution in [0.25, 0.3) is 16.9 Å². The molecule has 8 nitrogen and oxygen atoms in total. The summed E-state index contributed by atoms with van der Waals surface area (Å²) in [6.07, 6.45) is 1.94. The maximum Gasteiger partial charge on any atom is 0.240 e. The van der Waals surface area contributed by atoms with Gasteiger partial charge >= 0.3 is 0 Å². The minimum Gasteiger partial charge on any atom is -0.497 e. The summed E-state index contributed by atoms with van der Waals surface area (Å²) in [7, 11) is 1.64. The third-order valence-electron chi connectivity index (χ3n) is 5.65. The first-order chi connectivity index (χ1) is 16.1. The summed E-state index contributed by atoms with van der Waals surface area (Å²) in [5.41, 5.74) is 3.82. The van der Waals surface area contributed by atoms with E-state index in [1.807, 2.05) is 66.2 Å². The third-order valence-corrected chi connectivity index (χ3v) is 5.65. The average molecular weight is 450 g/mol. The zero-order valence-electron chi connectivity index (χ0n) is 19.2. The number of methoxy groups -OCH3 is 1. The molecule has 1 aliphatic heterocycles. The number of nitrogens with one attached hydrogen (secondary N) is 2. The molecule has 1 aliphatic rings. The van der Waals surface area contributed by atoms with E-state index in [1.165, 1.54) is 5.56 Å². The lowest BCUT2D eigenvalue weighted by Crippen LogP contribution is -2.41. The van der Waals surface area contributed by atoms with Gasteiger partial charge in [-0.2, -0.15) is 0 Å². The van der Waals surface area contributed by atoms with Crippen LogP contribution in [0.1, 0.15) is 5.56 Å². The van der Waals surface area contributed by atoms with E-state index in [0.717, 1.165) is 62.1 Å². The smallest absolute Gasteiger partial charge is 0.240 e. The van der Waals surface area contributed by atoms with Gasteiger partial charge in [-0.15, -0.1) is 0 Å². The highest BCUT2D eigenvalue weighted by molar-refractivity contribution is 5.91. The number of ether oxygens (including phenoxy) is 2. The summed E-state index contributed by atoms with van der Waals surface area (Å²) in [6, 6.07) is 15.8. The lowest BCUT2D eigenvalue weighted by molar-refractivity contribution is -0.115. The number of amides is 1. The Balaban J connectivity index is 1.44. The van der Waals surface area contributed by atoms with E-state index in [-0.39, 0.29) is 12.5 Å². The fourth-order valence-corrected chi connectivity index (χ4v) is 3.70. The SMILES string of the molecule is COc1ccc(-c2cn(-c3ccc(C)cc3)c(NC(=O)CNCCN3CCOCC3)n2)cc1. The van der Waals surface area contributed by atoms with Crippen molar-refractivity contribution in [1.82, 2.24) is 19.8 Å². The van der Waals surface area contributed by atoms with Crippen molar-refractivity contribution in [3.05, 3.63) is 60.3 Å². The van der Waals surface area contributed by atoms with Crippen LogP contribution < -0.4 is 15.4 Å². The number of benzene rings is 2. The van der Waals surface area contributed by atoms with Gasteiger partial charge in [0.15, 0.2) is 0 Å². The van der Waals surface area contributed by atoms with Gasteiger partial charge in [-0.3, -0.25) is 19.6 Å². The highest BCUT2D eigenvalue weighted by Crippen LogP contribution is 2.26. The van der Waals surface area contributed by atoms with Crippen LogP contribution >= 0.6 is 0 Å². The molecule has 1 saturated heterocycles. The van der Waals surface area contributed by atoms with Gasteiger partial charge in [-0.25, -0.2) is 4.98 Å². The molecule has 0 atom stereocenters. The average Bonchev–Trinajstić information content (AvgIpc) is 3.26. The van der Waals surface area contributed by atoms with Gasteiger partial charge in [0.1, 0.15) is 5.75 Å². The van der Waals surface area contributed by atoms with Crippen LogP contribution in [0.3, 0.4) is 0 Å². The van der Waals surface area contributed by atoms with Gasteiger partial charge in [0, 0.05) is 43.6 Å². The minimum absolute atomic E-state index is 0.128. The van der Waals surface area contributed by atoms with Crippen molar-refractivity contribution in [2.45, 2.75) is 6.92 Å². The van der Waals surface area contributed by atoms with Gasteiger partial charge in [0.2, 0.25) is 11.9 Å². The molecule has 0 radical (unpaired) electrons. The molecule has 4 rings (SSSR count). The van der Waals surface area contributed by atoms with Crippen LogP contribution in [0.15, 0.2) is 54.7 Å². The van der Waals surface area contributed by atoms with Crippen LogP contribution in [0.2, 0.25) is 0 Å². The van der Waals surface area contributed by atoms with Crippen molar-refractivity contribution in [2.24, 2.45) is 0 Å². The molecule has 2 heterocycles. The number of hydrogen-bond acceptors (Lipinski definition) is 6. The fraction of sp³-hybridized carbons (Fsp3) is 0.360. The van der Waals surface area contributed by atoms with E-state index in [0.29, 0.717) is 5.95 Å². The Labute approximate surface area is 194 Å². The maximum atomic E-state index is 12.7. The van der Waals surface area contributed by atoms with Crippen molar-refractivity contribution < 1.29 is 14.3 Å². The molecule has 0 saturated carbocycles. The number of carbonyl (C=O) groups is 1. The Morgan fingerprint density at radius 2 is 1.82 bits per heavy atom. The summed E-state index contributed by atoms with van der Waals surface area (Å²) in [4.78, 5) is 19.7. The molecule has 1 fully saturated rings. The molecule has 2 N–H and O–H groups in total. The molecule has 3 aromatic rings. The number of morpholine rings is 1. The quantitative estimate of drug-likeness (QED) is 0.489. The molecular formula is C25H31N5O3. The van der Waals surface area contributed by atoms with Gasteiger partial charge < -0.3 is 14.8 Å². The molecule has 2 aromatic carbocycles. The molecule has 8 heteroatoms. The van der Waals surface area contributed by atoms with E-state index in [1.54, 1.807) is 7.11 Å². The highest BCUT2D eigenvalue weighted by atomic mass is 16.5. The summed E-state index contributed by atoms with van der Waals surface area (Å²) in [5, 5.41) is 6.19. The van der Waals surface area contributed by atoms with Crippen molar-refractivity contribution in [3.63, 3.8) is 0 Å². The normalized spacial score (nSPS) is 14.2. The summed E-state index contributed by atoms with van der Waals surface area (Å²) in [5.74, 6) is 1.15. The highest BCUT2D eigenvalue weighted by Gasteiger charge is 2.15. The standard InChI is InChI=1S/C25H31N5O3/c1-19-3-7-21(8-4-19)30-18-23(20-5-9-22(32-2)10-6-20)27-25(30)28-24(31)17-26-11-12-29-13-15-33-16-14-29/h3-10,18,26H,11-17H2,1-2H3,(H,27,28,31). The monoisotopic (exact) mass is 449 g/mol. The van der Waals surface area contributed by atoms with Crippen molar-refractivity contribution in [1.29, 1.82) is 0 Å². The molecule has 1 aromatic heterocycles. The fourth-order valence-electron chi connectivity index (χ4n) is 3.70. The number of aromatic nitrogens is 2. The lowest BCUT2D eigenvalue weighted by Gasteiger charge is -2.26. The number of anilines is 1. The van der Waals surface area contributed by atoms with Crippen molar-refractivity contribution >= 4 is 11.9 Å². The molecule has 0 unspecified atom stereocenters. The Bertz CT molecular complexity index is 1040. The largest absolute Gasteiger partial charge is 0.497 e. The number of aryl methyl sites for hydroxylation is 1. The molecule has 0 aliphatic carbocycles. The second-order valence-electron chi connectivity index (χ2n) is 8.06. The molecular weight excluding hydrogens is 418 g/mol. The molecule has 174 valence electrons. The van der Waals surface area contributed by atoms with E-state index in [2.05, 4.69) is 15.5 Å². The maximum absolute atomic E-state index is 12.7. The third kappa shape index (κ3) is 6.19. The van der Waals surface area contributed by atoms with Gasteiger partial charge in [0.25, 0.3) is 0 Å². The zero-order chi connectivity index (χ0) is 23.0. The number of nitrogens with zero attached hydrogens (tertiary/aromatic N) is 3. The predicted octanol–water partition coefficient (Wildman–Crippen LogP) is 2.72. The number of rotatable bonds is 9. The Morgan fingerprint density at radius 3 is 2.52 bits per heavy atom. The molecule has 1 amide bonds. The topological polar surface area (TPSA) is 80.7 Å². The summed E-state index contributed by atoms with van der Waals surface area (Å²) in [6.45, 7) is 7.35. The van der Waals surface area contributed by atoms with Crippen molar-refractivity contribution in [2.75, 3.05) is 58.4 Å². The van der Waals surface area contributed by atoms with Gasteiger partial charge in [0.05, 0.1) is 32.6 Å². The zero-order valence-corrected chi connectivity index (χ0v) is 19.2.